The van der Waals surface area contributed by atoms with Gasteiger partial charge in [-0.25, -0.2) is 0 Å². The first-order chi connectivity index (χ1) is 8.24. The van der Waals surface area contributed by atoms with E-state index in [9.17, 15) is 0 Å². The maximum Gasteiger partial charge on any atom is 0.215 e. The minimum absolute atomic E-state index is 0.625. The van der Waals surface area contributed by atoms with Crippen molar-refractivity contribution >= 4 is 23.3 Å². The monoisotopic (exact) mass is 253 g/mol. The standard InChI is InChI=1S/C12H19N3OS/c1-3-9-8-15(6-7-17-9)12-10(13)4-5-11(14-12)16-2/h4-5,9H,3,6-8,13H2,1-2H3. The first kappa shape index (κ1) is 12.4. The van der Waals surface area contributed by atoms with Crippen molar-refractivity contribution in [2.45, 2.75) is 18.6 Å². The zero-order valence-corrected chi connectivity index (χ0v) is 11.2. The molecule has 0 spiro atoms. The minimum Gasteiger partial charge on any atom is -0.481 e. The van der Waals surface area contributed by atoms with Crippen LogP contribution in [0.15, 0.2) is 12.1 Å². The van der Waals surface area contributed by atoms with Gasteiger partial charge in [-0.1, -0.05) is 6.92 Å². The summed E-state index contributed by atoms with van der Waals surface area (Å²) >= 11 is 2.04. The maximum atomic E-state index is 6.00. The molecule has 1 unspecified atom stereocenters. The van der Waals surface area contributed by atoms with E-state index in [-0.39, 0.29) is 0 Å². The Bertz CT molecular complexity index is 386. The van der Waals surface area contributed by atoms with Crippen LogP contribution in [0.3, 0.4) is 0 Å². The third-order valence-corrected chi connectivity index (χ3v) is 4.35. The Kier molecular flexibility index (Phi) is 3.99. The summed E-state index contributed by atoms with van der Waals surface area (Å²) in [4.78, 5) is 6.72. The molecule has 5 heteroatoms. The van der Waals surface area contributed by atoms with Gasteiger partial charge >= 0.3 is 0 Å². The molecule has 1 aromatic rings. The number of nitrogens with two attached hydrogens (primary N) is 1. The topological polar surface area (TPSA) is 51.4 Å². The third kappa shape index (κ3) is 2.77. The Morgan fingerprint density at radius 3 is 3.12 bits per heavy atom. The molecule has 1 aliphatic heterocycles. The van der Waals surface area contributed by atoms with Gasteiger partial charge in [0.15, 0.2) is 5.82 Å². The summed E-state index contributed by atoms with van der Waals surface area (Å²) in [5, 5.41) is 0.677. The highest BCUT2D eigenvalue weighted by Gasteiger charge is 2.21. The van der Waals surface area contributed by atoms with Gasteiger partial charge in [-0.2, -0.15) is 16.7 Å². The molecule has 4 nitrogen and oxygen atoms in total. The molecule has 2 N–H and O–H groups in total. The Balaban J connectivity index is 2.20. The molecule has 0 aromatic carbocycles. The number of ether oxygens (including phenoxy) is 1. The van der Waals surface area contributed by atoms with Crippen molar-refractivity contribution in [3.05, 3.63) is 12.1 Å². The summed E-state index contributed by atoms with van der Waals surface area (Å²) in [5.41, 5.74) is 6.72. The van der Waals surface area contributed by atoms with Crippen LogP contribution in [-0.2, 0) is 0 Å². The van der Waals surface area contributed by atoms with Crippen molar-refractivity contribution in [1.82, 2.24) is 4.98 Å². The lowest BCUT2D eigenvalue weighted by Gasteiger charge is -2.33. The van der Waals surface area contributed by atoms with E-state index in [1.54, 1.807) is 13.2 Å². The SMILES string of the molecule is CCC1CN(c2nc(OC)ccc2N)CCS1. The number of nitrogen functional groups attached to an aromatic ring is 1. The number of aromatic nitrogens is 1. The van der Waals surface area contributed by atoms with Crippen molar-refractivity contribution in [1.29, 1.82) is 0 Å². The first-order valence-corrected chi connectivity index (χ1v) is 6.96. The summed E-state index contributed by atoms with van der Waals surface area (Å²) in [6, 6.07) is 3.67. The van der Waals surface area contributed by atoms with E-state index in [1.165, 1.54) is 6.42 Å². The van der Waals surface area contributed by atoms with Gasteiger partial charge in [0.1, 0.15) is 0 Å². The normalized spacial score (nSPS) is 20.4. The van der Waals surface area contributed by atoms with Gasteiger partial charge in [0, 0.05) is 30.2 Å². The van der Waals surface area contributed by atoms with Gasteiger partial charge in [-0.05, 0) is 12.5 Å². The summed E-state index contributed by atoms with van der Waals surface area (Å²) < 4.78 is 5.16. The van der Waals surface area contributed by atoms with Crippen LogP contribution in [0.2, 0.25) is 0 Å². The summed E-state index contributed by atoms with van der Waals surface area (Å²) in [5.74, 6) is 2.63. The fourth-order valence-electron chi connectivity index (χ4n) is 1.97. The van der Waals surface area contributed by atoms with E-state index < -0.39 is 0 Å². The van der Waals surface area contributed by atoms with Crippen molar-refractivity contribution < 1.29 is 4.74 Å². The fourth-order valence-corrected chi connectivity index (χ4v) is 3.15. The molecule has 1 aromatic heterocycles. The molecule has 0 saturated carbocycles. The molecule has 94 valence electrons. The Morgan fingerprint density at radius 1 is 1.59 bits per heavy atom. The largest absolute Gasteiger partial charge is 0.481 e. The summed E-state index contributed by atoms with van der Waals surface area (Å²) in [6.07, 6.45) is 1.19. The molecule has 1 aliphatic rings. The van der Waals surface area contributed by atoms with Gasteiger partial charge in [0.25, 0.3) is 0 Å². The lowest BCUT2D eigenvalue weighted by molar-refractivity contribution is 0.398. The van der Waals surface area contributed by atoms with Crippen LogP contribution in [0, 0.1) is 0 Å². The van der Waals surface area contributed by atoms with Crippen LogP contribution in [0.5, 0.6) is 5.88 Å². The van der Waals surface area contributed by atoms with E-state index in [1.807, 2.05) is 17.8 Å². The number of methoxy groups -OCH3 is 1. The van der Waals surface area contributed by atoms with Gasteiger partial charge in [0.05, 0.1) is 12.8 Å². The van der Waals surface area contributed by atoms with E-state index >= 15 is 0 Å². The number of hydrogen-bond acceptors (Lipinski definition) is 5. The predicted molar refractivity (Wildman–Crippen MR) is 74.0 cm³/mol. The van der Waals surface area contributed by atoms with Crippen LogP contribution < -0.4 is 15.4 Å². The molecule has 0 aliphatic carbocycles. The zero-order valence-electron chi connectivity index (χ0n) is 10.3. The Labute approximate surface area is 107 Å². The van der Waals surface area contributed by atoms with Crippen LogP contribution in [0.25, 0.3) is 0 Å². The highest BCUT2D eigenvalue weighted by Crippen LogP contribution is 2.29. The van der Waals surface area contributed by atoms with Crippen LogP contribution >= 0.6 is 11.8 Å². The number of nitrogens with zero attached hydrogens (tertiary/aromatic N) is 2. The van der Waals surface area contributed by atoms with Gasteiger partial charge in [-0.3, -0.25) is 0 Å². The molecular weight excluding hydrogens is 234 g/mol. The molecule has 0 bridgehead atoms. The van der Waals surface area contributed by atoms with Crippen LogP contribution in [0.4, 0.5) is 11.5 Å². The molecule has 1 atom stereocenters. The van der Waals surface area contributed by atoms with E-state index in [0.717, 1.165) is 30.3 Å². The molecule has 2 rings (SSSR count). The average molecular weight is 253 g/mol. The quantitative estimate of drug-likeness (QED) is 0.893. The van der Waals surface area contributed by atoms with Gasteiger partial charge < -0.3 is 15.4 Å². The van der Waals surface area contributed by atoms with E-state index in [0.29, 0.717) is 11.1 Å². The second-order valence-electron chi connectivity index (χ2n) is 4.11. The lowest BCUT2D eigenvalue weighted by atomic mass is 10.2. The van der Waals surface area contributed by atoms with Crippen molar-refractivity contribution in [3.63, 3.8) is 0 Å². The number of hydrogen-bond donors (Lipinski definition) is 1. The summed E-state index contributed by atoms with van der Waals surface area (Å²) in [6.45, 7) is 4.25. The highest BCUT2D eigenvalue weighted by atomic mass is 32.2. The Hall–Kier alpha value is -1.10. The van der Waals surface area contributed by atoms with Gasteiger partial charge in [0.2, 0.25) is 5.88 Å². The van der Waals surface area contributed by atoms with Crippen LogP contribution in [-0.4, -0.2) is 36.2 Å². The minimum atomic E-state index is 0.625. The second-order valence-corrected chi connectivity index (χ2v) is 5.52. The number of thioether (sulfide) groups is 1. The molecule has 1 fully saturated rings. The van der Waals surface area contributed by atoms with Crippen molar-refractivity contribution in [2.24, 2.45) is 0 Å². The Morgan fingerprint density at radius 2 is 2.41 bits per heavy atom. The summed E-state index contributed by atoms with van der Waals surface area (Å²) in [7, 11) is 1.63. The molecular formula is C12H19N3OS. The molecule has 0 amide bonds. The molecule has 1 saturated heterocycles. The maximum absolute atomic E-state index is 6.00. The fraction of sp³-hybridized carbons (Fsp3) is 0.583. The molecule has 2 heterocycles. The van der Waals surface area contributed by atoms with Crippen LogP contribution in [0.1, 0.15) is 13.3 Å². The lowest BCUT2D eigenvalue weighted by Crippen LogP contribution is -2.38. The van der Waals surface area contributed by atoms with Crippen molar-refractivity contribution in [3.8, 4) is 5.88 Å². The smallest absolute Gasteiger partial charge is 0.215 e. The van der Waals surface area contributed by atoms with Gasteiger partial charge in [-0.15, -0.1) is 0 Å². The number of pyridine rings is 1. The molecule has 0 radical (unpaired) electrons. The van der Waals surface area contributed by atoms with E-state index in [2.05, 4.69) is 16.8 Å². The van der Waals surface area contributed by atoms with E-state index in [4.69, 9.17) is 10.5 Å². The third-order valence-electron chi connectivity index (χ3n) is 2.98. The molecule has 17 heavy (non-hydrogen) atoms. The number of anilines is 2. The first-order valence-electron chi connectivity index (χ1n) is 5.91. The van der Waals surface area contributed by atoms with Crippen molar-refractivity contribution in [2.75, 3.05) is 36.6 Å². The predicted octanol–water partition coefficient (Wildman–Crippen LogP) is 2.00. The highest BCUT2D eigenvalue weighted by molar-refractivity contribution is 8.00. The second kappa shape index (κ2) is 5.49. The average Bonchev–Trinajstić information content (AvgIpc) is 2.39. The number of rotatable bonds is 3. The zero-order chi connectivity index (χ0) is 12.3.